The third kappa shape index (κ3) is 2.13. The molecule has 2 aromatic carbocycles. The maximum Gasteiger partial charge on any atom is 0.131 e. The van der Waals surface area contributed by atoms with Crippen LogP contribution in [0.25, 0.3) is 0 Å². The Hall–Kier alpha value is -1.78. The first-order valence-electron chi connectivity index (χ1n) is 6.06. The van der Waals surface area contributed by atoms with Gasteiger partial charge in [0.1, 0.15) is 11.6 Å². The molecule has 1 atom stereocenters. The lowest BCUT2D eigenvalue weighted by molar-refractivity contribution is 0.134. The van der Waals surface area contributed by atoms with Crippen LogP contribution in [0, 0.1) is 11.6 Å². The fourth-order valence-corrected chi connectivity index (χ4v) is 2.36. The normalized spacial score (nSPS) is 15.3. The lowest BCUT2D eigenvalue weighted by Crippen LogP contribution is -2.16. The summed E-state index contributed by atoms with van der Waals surface area (Å²) in [6, 6.07) is 8.51. The van der Waals surface area contributed by atoms with Crippen molar-refractivity contribution in [1.29, 1.82) is 0 Å². The molecular formula is C15H13F2NO. The number of fused-ring (bicyclic) bond motifs is 1. The van der Waals surface area contributed by atoms with Gasteiger partial charge >= 0.3 is 0 Å². The van der Waals surface area contributed by atoms with E-state index < -0.39 is 17.7 Å². The van der Waals surface area contributed by atoms with Gasteiger partial charge in [0.25, 0.3) is 0 Å². The molecule has 19 heavy (non-hydrogen) atoms. The summed E-state index contributed by atoms with van der Waals surface area (Å²) in [5.41, 5.74) is 8.72. The molecule has 2 aromatic rings. The molecule has 1 heterocycles. The number of halogens is 2. The number of benzene rings is 2. The summed E-state index contributed by atoms with van der Waals surface area (Å²) in [7, 11) is 0. The van der Waals surface area contributed by atoms with Gasteiger partial charge in [-0.1, -0.05) is 24.3 Å². The van der Waals surface area contributed by atoms with E-state index in [2.05, 4.69) is 0 Å². The van der Waals surface area contributed by atoms with Crippen molar-refractivity contribution < 1.29 is 13.5 Å². The number of hydrogen-bond donors (Lipinski definition) is 1. The summed E-state index contributed by atoms with van der Waals surface area (Å²) in [5, 5.41) is 0. The quantitative estimate of drug-likeness (QED) is 0.901. The topological polar surface area (TPSA) is 35.2 Å². The van der Waals surface area contributed by atoms with Crippen LogP contribution in [0.2, 0.25) is 0 Å². The van der Waals surface area contributed by atoms with E-state index >= 15 is 0 Å². The minimum Gasteiger partial charge on any atom is -0.372 e. The molecule has 0 aliphatic carbocycles. The molecule has 4 heteroatoms. The van der Waals surface area contributed by atoms with Crippen LogP contribution in [0.4, 0.5) is 8.78 Å². The second-order valence-corrected chi connectivity index (χ2v) is 4.63. The van der Waals surface area contributed by atoms with Gasteiger partial charge in [-0.25, -0.2) is 8.78 Å². The molecule has 1 aliphatic rings. The zero-order valence-corrected chi connectivity index (χ0v) is 10.2. The van der Waals surface area contributed by atoms with Gasteiger partial charge in [0.05, 0.1) is 19.3 Å². The molecule has 1 aliphatic heterocycles. The monoisotopic (exact) mass is 261 g/mol. The Balaban J connectivity index is 2.02. The minimum absolute atomic E-state index is 0.0960. The van der Waals surface area contributed by atoms with Crippen molar-refractivity contribution in [2.24, 2.45) is 5.73 Å². The van der Waals surface area contributed by atoms with Crippen LogP contribution in [-0.4, -0.2) is 0 Å². The van der Waals surface area contributed by atoms with Crippen molar-refractivity contribution in [1.82, 2.24) is 0 Å². The molecule has 0 spiro atoms. The number of hydrogen-bond acceptors (Lipinski definition) is 2. The lowest BCUT2D eigenvalue weighted by Gasteiger charge is -2.15. The predicted molar refractivity (Wildman–Crippen MR) is 67.3 cm³/mol. The SMILES string of the molecule is NC(c1ccc2c(c1)COC2)c1c(F)cccc1F. The Morgan fingerprint density at radius 3 is 2.42 bits per heavy atom. The molecule has 0 radical (unpaired) electrons. The molecule has 98 valence electrons. The van der Waals surface area contributed by atoms with Gasteiger partial charge in [-0.15, -0.1) is 0 Å². The summed E-state index contributed by atoms with van der Waals surface area (Å²) < 4.78 is 32.7. The van der Waals surface area contributed by atoms with E-state index in [1.807, 2.05) is 12.1 Å². The standard InChI is InChI=1S/C15H13F2NO/c16-12-2-1-3-13(17)14(12)15(18)9-4-5-10-7-19-8-11(10)6-9/h1-6,15H,7-8,18H2. The zero-order chi connectivity index (χ0) is 13.4. The molecule has 2 N–H and O–H groups in total. The highest BCUT2D eigenvalue weighted by Crippen LogP contribution is 2.28. The van der Waals surface area contributed by atoms with E-state index in [1.165, 1.54) is 18.2 Å². The lowest BCUT2D eigenvalue weighted by atomic mass is 9.95. The second-order valence-electron chi connectivity index (χ2n) is 4.63. The van der Waals surface area contributed by atoms with E-state index in [9.17, 15) is 8.78 Å². The van der Waals surface area contributed by atoms with Crippen LogP contribution >= 0.6 is 0 Å². The largest absolute Gasteiger partial charge is 0.372 e. The third-order valence-corrected chi connectivity index (χ3v) is 3.42. The highest BCUT2D eigenvalue weighted by atomic mass is 19.1. The molecule has 0 amide bonds. The summed E-state index contributed by atoms with van der Waals surface area (Å²) in [6.45, 7) is 1.11. The summed E-state index contributed by atoms with van der Waals surface area (Å²) >= 11 is 0. The Bertz CT molecular complexity index is 607. The van der Waals surface area contributed by atoms with Gasteiger partial charge < -0.3 is 10.5 Å². The van der Waals surface area contributed by atoms with Crippen LogP contribution in [0.5, 0.6) is 0 Å². The Morgan fingerprint density at radius 1 is 1.00 bits per heavy atom. The molecular weight excluding hydrogens is 248 g/mol. The first-order valence-corrected chi connectivity index (χ1v) is 6.06. The van der Waals surface area contributed by atoms with Gasteiger partial charge in [-0.05, 0) is 28.8 Å². The predicted octanol–water partition coefficient (Wildman–Crippen LogP) is 3.04. The van der Waals surface area contributed by atoms with E-state index in [4.69, 9.17) is 10.5 Å². The van der Waals surface area contributed by atoms with E-state index in [1.54, 1.807) is 6.07 Å². The molecule has 0 saturated carbocycles. The minimum atomic E-state index is -0.813. The Labute approximate surface area is 109 Å². The van der Waals surface area contributed by atoms with Crippen molar-refractivity contribution in [3.63, 3.8) is 0 Å². The van der Waals surface area contributed by atoms with Gasteiger partial charge in [-0.3, -0.25) is 0 Å². The zero-order valence-electron chi connectivity index (χ0n) is 10.2. The maximum absolute atomic E-state index is 13.7. The van der Waals surface area contributed by atoms with Crippen LogP contribution < -0.4 is 5.73 Å². The molecule has 0 fully saturated rings. The van der Waals surface area contributed by atoms with Crippen molar-refractivity contribution in [3.8, 4) is 0 Å². The van der Waals surface area contributed by atoms with Crippen LogP contribution in [0.1, 0.15) is 28.3 Å². The van der Waals surface area contributed by atoms with Crippen molar-refractivity contribution in [2.45, 2.75) is 19.3 Å². The fraction of sp³-hybridized carbons (Fsp3) is 0.200. The molecule has 0 bridgehead atoms. The average Bonchev–Trinajstić information content (AvgIpc) is 2.85. The third-order valence-electron chi connectivity index (χ3n) is 3.42. The smallest absolute Gasteiger partial charge is 0.131 e. The van der Waals surface area contributed by atoms with Crippen molar-refractivity contribution >= 4 is 0 Å². The van der Waals surface area contributed by atoms with Gasteiger partial charge in [-0.2, -0.15) is 0 Å². The van der Waals surface area contributed by atoms with E-state index in [0.717, 1.165) is 11.1 Å². The molecule has 2 nitrogen and oxygen atoms in total. The maximum atomic E-state index is 13.7. The Morgan fingerprint density at radius 2 is 1.68 bits per heavy atom. The number of nitrogens with two attached hydrogens (primary N) is 1. The van der Waals surface area contributed by atoms with Crippen LogP contribution in [0.3, 0.4) is 0 Å². The molecule has 3 rings (SSSR count). The fourth-order valence-electron chi connectivity index (χ4n) is 2.36. The summed E-state index contributed by atoms with van der Waals surface area (Å²) in [6.07, 6.45) is 0. The first kappa shape index (κ1) is 12.3. The first-order chi connectivity index (χ1) is 9.16. The van der Waals surface area contributed by atoms with Crippen LogP contribution in [0.15, 0.2) is 36.4 Å². The highest BCUT2D eigenvalue weighted by molar-refractivity contribution is 5.39. The van der Waals surface area contributed by atoms with Gasteiger partial charge in [0, 0.05) is 5.56 Å². The highest BCUT2D eigenvalue weighted by Gasteiger charge is 2.20. The van der Waals surface area contributed by atoms with Gasteiger partial charge in [0.15, 0.2) is 0 Å². The second kappa shape index (κ2) is 4.72. The van der Waals surface area contributed by atoms with Crippen LogP contribution in [-0.2, 0) is 18.0 Å². The number of ether oxygens (including phenoxy) is 1. The van der Waals surface area contributed by atoms with Crippen molar-refractivity contribution in [3.05, 3.63) is 70.3 Å². The van der Waals surface area contributed by atoms with E-state index in [-0.39, 0.29) is 5.56 Å². The molecule has 0 aromatic heterocycles. The molecule has 1 unspecified atom stereocenters. The number of rotatable bonds is 2. The summed E-state index contributed by atoms with van der Waals surface area (Å²) in [5.74, 6) is -1.24. The average molecular weight is 261 g/mol. The van der Waals surface area contributed by atoms with Gasteiger partial charge in [0.2, 0.25) is 0 Å². The van der Waals surface area contributed by atoms with E-state index in [0.29, 0.717) is 18.8 Å². The summed E-state index contributed by atoms with van der Waals surface area (Å²) in [4.78, 5) is 0. The van der Waals surface area contributed by atoms with Crippen molar-refractivity contribution in [2.75, 3.05) is 0 Å². The Kier molecular flexibility index (Phi) is 3.05. The molecule has 0 saturated heterocycles.